The summed E-state index contributed by atoms with van der Waals surface area (Å²) < 4.78 is 16.0. The fourth-order valence-corrected chi connectivity index (χ4v) is 3.33. The van der Waals surface area contributed by atoms with Gasteiger partial charge in [-0.25, -0.2) is 0 Å². The molecule has 0 amide bonds. The summed E-state index contributed by atoms with van der Waals surface area (Å²) in [6.45, 7) is 8.76. The van der Waals surface area contributed by atoms with Gasteiger partial charge in [-0.15, -0.1) is 0 Å². The lowest BCUT2D eigenvalue weighted by molar-refractivity contribution is -0.143. The molecule has 1 rings (SSSR count). The summed E-state index contributed by atoms with van der Waals surface area (Å²) in [5, 5.41) is 1.04. The minimum Gasteiger partial charge on any atom is -0.493 e. The molecule has 0 saturated heterocycles. The van der Waals surface area contributed by atoms with Gasteiger partial charge in [0.25, 0.3) is 0 Å². The van der Waals surface area contributed by atoms with Gasteiger partial charge in [0.2, 0.25) is 0 Å². The predicted octanol–water partition coefficient (Wildman–Crippen LogP) is 6.04. The van der Waals surface area contributed by atoms with E-state index < -0.39 is 0 Å². The van der Waals surface area contributed by atoms with Crippen LogP contribution in [0.3, 0.4) is 0 Å². The van der Waals surface area contributed by atoms with Crippen LogP contribution in [-0.2, 0) is 31.9 Å². The van der Waals surface area contributed by atoms with Crippen LogP contribution in [0.15, 0.2) is 18.2 Å². The van der Waals surface area contributed by atoms with Crippen molar-refractivity contribution in [1.29, 1.82) is 0 Å². The summed E-state index contributed by atoms with van der Waals surface area (Å²) in [5.41, 5.74) is 2.03. The van der Waals surface area contributed by atoms with Crippen molar-refractivity contribution in [3.05, 3.63) is 29.3 Å². The van der Waals surface area contributed by atoms with E-state index >= 15 is 0 Å². The van der Waals surface area contributed by atoms with Crippen molar-refractivity contribution in [2.24, 2.45) is 0 Å². The zero-order valence-electron chi connectivity index (χ0n) is 19.1. The zero-order chi connectivity index (χ0) is 22.6. The van der Waals surface area contributed by atoms with Crippen molar-refractivity contribution < 1.29 is 23.8 Å². The molecule has 0 aliphatic heterocycles. The number of rotatable bonds is 15. The van der Waals surface area contributed by atoms with E-state index in [2.05, 4.69) is 22.0 Å². The van der Waals surface area contributed by atoms with Gasteiger partial charge in [-0.2, -0.15) is 0 Å². The number of alkyl halides is 1. The molecule has 172 valence electrons. The molecule has 0 aromatic heterocycles. The van der Waals surface area contributed by atoms with E-state index in [0.29, 0.717) is 38.4 Å². The number of carbonyl (C=O) groups excluding carboxylic acids is 2. The van der Waals surface area contributed by atoms with Gasteiger partial charge in [0, 0.05) is 17.3 Å². The van der Waals surface area contributed by atoms with Crippen LogP contribution in [0.4, 0.5) is 0 Å². The Balaban J connectivity index is 0.00000407. The number of ether oxygens (including phenoxy) is 3. The third kappa shape index (κ3) is 12.9. The highest BCUT2D eigenvalue weighted by Crippen LogP contribution is 2.26. The number of esters is 2. The number of carbonyl (C=O) groups is 2. The molecule has 1 aromatic carbocycles. The van der Waals surface area contributed by atoms with E-state index in [1.807, 2.05) is 26.0 Å². The van der Waals surface area contributed by atoms with Crippen LogP contribution >= 0.6 is 15.9 Å². The molecule has 0 aliphatic rings. The van der Waals surface area contributed by atoms with Crippen molar-refractivity contribution in [2.45, 2.75) is 79.1 Å². The van der Waals surface area contributed by atoms with Gasteiger partial charge in [0.1, 0.15) is 5.75 Å². The summed E-state index contributed by atoms with van der Waals surface area (Å²) in [4.78, 5) is 23.5. The van der Waals surface area contributed by atoms with Gasteiger partial charge < -0.3 is 14.2 Å². The molecule has 0 bridgehead atoms. The standard InChI is InChI=1S/C22H33BrO5.C2H6/c1-3-26-21(24)14-10-16-28-20-13-9-12-18(11-7-5-6-8-15-23)19(20)17-22(25)27-4-2;1-2/h9,12-13H,3-8,10-11,14-17H2,1-2H3;1-2H3. The van der Waals surface area contributed by atoms with Crippen LogP contribution in [0.1, 0.15) is 77.3 Å². The molecular formula is C24H39BrO5. The second-order valence-electron chi connectivity index (χ2n) is 6.49. The van der Waals surface area contributed by atoms with Crippen LogP contribution in [0.5, 0.6) is 5.75 Å². The molecule has 0 unspecified atom stereocenters. The number of aryl methyl sites for hydroxylation is 1. The van der Waals surface area contributed by atoms with Gasteiger partial charge in [-0.3, -0.25) is 9.59 Å². The summed E-state index contributed by atoms with van der Waals surface area (Å²) in [5.74, 6) is 0.246. The van der Waals surface area contributed by atoms with Gasteiger partial charge >= 0.3 is 11.9 Å². The van der Waals surface area contributed by atoms with Crippen LogP contribution in [0, 0.1) is 0 Å². The molecule has 6 heteroatoms. The van der Waals surface area contributed by atoms with Crippen molar-refractivity contribution >= 4 is 27.9 Å². The van der Waals surface area contributed by atoms with Gasteiger partial charge in [0.15, 0.2) is 0 Å². The Kier molecular flexibility index (Phi) is 18.4. The molecule has 0 atom stereocenters. The SMILES string of the molecule is CC.CCOC(=O)CCCOc1cccc(CCCCCCBr)c1CC(=O)OCC. The number of benzene rings is 1. The van der Waals surface area contributed by atoms with Crippen molar-refractivity contribution in [1.82, 2.24) is 0 Å². The summed E-state index contributed by atoms with van der Waals surface area (Å²) in [7, 11) is 0. The number of halogens is 1. The lowest BCUT2D eigenvalue weighted by Gasteiger charge is -2.15. The van der Waals surface area contributed by atoms with Gasteiger partial charge in [-0.1, -0.05) is 54.8 Å². The Hall–Kier alpha value is -1.56. The highest BCUT2D eigenvalue weighted by molar-refractivity contribution is 9.09. The molecule has 0 saturated carbocycles. The smallest absolute Gasteiger partial charge is 0.310 e. The maximum atomic E-state index is 12.1. The lowest BCUT2D eigenvalue weighted by atomic mass is 9.98. The van der Waals surface area contributed by atoms with Crippen LogP contribution in [0.2, 0.25) is 0 Å². The second kappa shape index (κ2) is 19.4. The first-order chi connectivity index (χ1) is 14.6. The summed E-state index contributed by atoms with van der Waals surface area (Å²) in [6.07, 6.45) is 6.64. The first-order valence-corrected chi connectivity index (χ1v) is 12.3. The quantitative estimate of drug-likeness (QED) is 0.172. The molecule has 0 spiro atoms. The maximum absolute atomic E-state index is 12.1. The van der Waals surface area contributed by atoms with Crippen molar-refractivity contribution in [2.75, 3.05) is 25.2 Å². The van der Waals surface area contributed by atoms with E-state index in [1.54, 1.807) is 13.8 Å². The fourth-order valence-electron chi connectivity index (χ4n) is 2.93. The lowest BCUT2D eigenvalue weighted by Crippen LogP contribution is -2.12. The first-order valence-electron chi connectivity index (χ1n) is 11.2. The van der Waals surface area contributed by atoms with Crippen molar-refractivity contribution in [3.8, 4) is 5.75 Å². The third-order valence-corrected chi connectivity index (χ3v) is 4.84. The largest absolute Gasteiger partial charge is 0.493 e. The van der Waals surface area contributed by atoms with E-state index in [4.69, 9.17) is 14.2 Å². The van der Waals surface area contributed by atoms with Gasteiger partial charge in [-0.05, 0) is 51.2 Å². The maximum Gasteiger partial charge on any atom is 0.310 e. The highest BCUT2D eigenvalue weighted by Gasteiger charge is 2.15. The Labute approximate surface area is 191 Å². The number of hydrogen-bond acceptors (Lipinski definition) is 5. The average molecular weight is 487 g/mol. The first kappa shape index (κ1) is 28.4. The molecule has 5 nitrogen and oxygen atoms in total. The van der Waals surface area contributed by atoms with Crippen LogP contribution in [-0.4, -0.2) is 37.1 Å². The molecule has 1 aromatic rings. The Morgan fingerprint density at radius 1 is 0.900 bits per heavy atom. The van der Waals surface area contributed by atoms with Crippen molar-refractivity contribution in [3.63, 3.8) is 0 Å². The number of unbranched alkanes of at least 4 members (excludes halogenated alkanes) is 3. The second-order valence-corrected chi connectivity index (χ2v) is 7.28. The van der Waals surface area contributed by atoms with E-state index in [1.165, 1.54) is 12.8 Å². The minimum atomic E-state index is -0.245. The Morgan fingerprint density at radius 3 is 2.23 bits per heavy atom. The Morgan fingerprint density at radius 2 is 1.57 bits per heavy atom. The molecule has 30 heavy (non-hydrogen) atoms. The minimum absolute atomic E-state index is 0.207. The zero-order valence-corrected chi connectivity index (χ0v) is 20.7. The molecule has 0 N–H and O–H groups in total. The molecular weight excluding hydrogens is 448 g/mol. The monoisotopic (exact) mass is 486 g/mol. The third-order valence-electron chi connectivity index (χ3n) is 4.27. The molecule has 0 fully saturated rings. The topological polar surface area (TPSA) is 61.8 Å². The Bertz CT molecular complexity index is 589. The van der Waals surface area contributed by atoms with E-state index in [0.717, 1.165) is 35.7 Å². The molecule has 0 radical (unpaired) electrons. The fraction of sp³-hybridized carbons (Fsp3) is 0.667. The molecule has 0 aliphatic carbocycles. The van der Waals surface area contributed by atoms with Gasteiger partial charge in [0.05, 0.1) is 26.2 Å². The van der Waals surface area contributed by atoms with Crippen LogP contribution < -0.4 is 4.74 Å². The summed E-state index contributed by atoms with van der Waals surface area (Å²) >= 11 is 3.46. The molecule has 0 heterocycles. The number of hydrogen-bond donors (Lipinski definition) is 0. The van der Waals surface area contributed by atoms with E-state index in [-0.39, 0.29) is 18.4 Å². The normalized spacial score (nSPS) is 10.0. The average Bonchev–Trinajstić information content (AvgIpc) is 2.74. The van der Waals surface area contributed by atoms with E-state index in [9.17, 15) is 9.59 Å². The predicted molar refractivity (Wildman–Crippen MR) is 125 cm³/mol. The van der Waals surface area contributed by atoms with Crippen LogP contribution in [0.25, 0.3) is 0 Å². The highest BCUT2D eigenvalue weighted by atomic mass is 79.9. The summed E-state index contributed by atoms with van der Waals surface area (Å²) in [6, 6.07) is 5.90.